The number of rotatable bonds is 4. The van der Waals surface area contributed by atoms with Crippen LogP contribution in [0.1, 0.15) is 11.1 Å². The van der Waals surface area contributed by atoms with Gasteiger partial charge in [-0.15, -0.1) is 20.4 Å². The smallest absolute Gasteiger partial charge is 0.296 e. The summed E-state index contributed by atoms with van der Waals surface area (Å²) in [4.78, 5) is -2.03. The summed E-state index contributed by atoms with van der Waals surface area (Å²) in [5, 5.41) is 20.9. The second kappa shape index (κ2) is 14.4. The highest BCUT2D eigenvalue weighted by molar-refractivity contribution is 7.89. The molecule has 2 heterocycles. The van der Waals surface area contributed by atoms with E-state index >= 15 is 0 Å². The third kappa shape index (κ3) is 10.1. The number of hydrogen-bond acceptors (Lipinski definition) is 12. The molecule has 2 aromatic carbocycles. The summed E-state index contributed by atoms with van der Waals surface area (Å²) in [6.07, 6.45) is 0. The van der Waals surface area contributed by atoms with E-state index < -0.39 is 30.0 Å². The summed E-state index contributed by atoms with van der Waals surface area (Å²) in [7, 11) is -9.94. The van der Waals surface area contributed by atoms with E-state index in [1.807, 2.05) is 0 Å². The minimum Gasteiger partial charge on any atom is -0.397 e. The summed E-state index contributed by atoms with van der Waals surface area (Å²) in [6, 6.07) is 14.3. The highest BCUT2D eigenvalue weighted by atomic mass is 35.5. The zero-order valence-corrected chi connectivity index (χ0v) is 24.1. The minimum atomic E-state index is -5.02. The summed E-state index contributed by atoms with van der Waals surface area (Å²) in [5.74, 6) is 0. The van der Waals surface area contributed by atoms with Crippen LogP contribution in [0.25, 0.3) is 11.4 Å². The van der Waals surface area contributed by atoms with Crippen LogP contribution in [-0.2, 0) is 20.2 Å². The first-order valence-electron chi connectivity index (χ1n) is 10.0. The average molecular weight is 670 g/mol. The number of nitrogens with zero attached hydrogens (tertiary/aromatic N) is 6. The van der Waals surface area contributed by atoms with E-state index in [1.54, 1.807) is 30.3 Å². The van der Waals surface area contributed by atoms with Gasteiger partial charge in [0, 0.05) is 17.7 Å². The van der Waals surface area contributed by atoms with Crippen LogP contribution in [0.2, 0.25) is 20.6 Å². The van der Waals surface area contributed by atoms with Gasteiger partial charge >= 0.3 is 0 Å². The maximum atomic E-state index is 11.6. The molecule has 0 amide bonds. The van der Waals surface area contributed by atoms with Crippen molar-refractivity contribution in [3.05, 3.63) is 92.4 Å². The Morgan fingerprint density at radius 2 is 1.07 bits per heavy atom. The van der Waals surface area contributed by atoms with Crippen molar-refractivity contribution in [1.82, 2.24) is 30.8 Å². The molecular weight excluding hydrogens is 654 g/mol. The lowest BCUT2D eigenvalue weighted by Crippen LogP contribution is -2.15. The third-order valence-electron chi connectivity index (χ3n) is 4.22. The Balaban J connectivity index is 0.000000282. The van der Waals surface area contributed by atoms with Gasteiger partial charge in [0.15, 0.2) is 20.6 Å². The molecule has 4 aromatic rings. The molecule has 0 radical (unpaired) electrons. The molecule has 20 heteroatoms. The second-order valence-corrected chi connectivity index (χ2v) is 11.2. The van der Waals surface area contributed by atoms with Crippen molar-refractivity contribution < 1.29 is 25.9 Å². The lowest BCUT2D eigenvalue weighted by atomic mass is 10.1. The Kier molecular flexibility index (Phi) is 11.9. The van der Waals surface area contributed by atoms with Gasteiger partial charge in [-0.1, -0.05) is 88.9 Å². The zero-order chi connectivity index (χ0) is 30.1. The molecule has 0 saturated heterocycles. The second-order valence-electron chi connectivity index (χ2n) is 6.93. The van der Waals surface area contributed by atoms with Gasteiger partial charge in [-0.05, 0) is 22.1 Å². The lowest BCUT2D eigenvalue weighted by Gasteiger charge is -2.13. The quantitative estimate of drug-likeness (QED) is 0.180. The van der Waals surface area contributed by atoms with Crippen molar-refractivity contribution in [3.63, 3.8) is 0 Å². The fourth-order valence-corrected chi connectivity index (χ4v) is 5.31. The Morgan fingerprint density at radius 1 is 0.625 bits per heavy atom. The molecule has 4 rings (SSSR count). The highest BCUT2D eigenvalue weighted by Gasteiger charge is 2.28. The van der Waals surface area contributed by atoms with E-state index in [0.29, 0.717) is 5.56 Å². The fraction of sp³-hybridized carbons (Fsp3) is 0. The molecule has 212 valence electrons. The SMILES string of the molecule is Clc1cc(Cl)nnn1.Clc1cc(Cl)nnn1.NC(=C(N)c1cccc(S(=O)(=O)O)c1S(=O)(=O)O)c1ccccc1. The van der Waals surface area contributed by atoms with Gasteiger partial charge in [-0.2, -0.15) is 16.8 Å². The average Bonchev–Trinajstić information content (AvgIpc) is 2.87. The molecule has 0 saturated carbocycles. The van der Waals surface area contributed by atoms with Crippen LogP contribution in [0, 0.1) is 0 Å². The molecule has 0 spiro atoms. The Labute approximate surface area is 247 Å². The van der Waals surface area contributed by atoms with E-state index in [-0.39, 0.29) is 37.6 Å². The Morgan fingerprint density at radius 3 is 1.43 bits per heavy atom. The first-order valence-corrected chi connectivity index (χ1v) is 14.4. The van der Waals surface area contributed by atoms with Crippen LogP contribution >= 0.6 is 46.4 Å². The molecule has 2 aromatic heterocycles. The Bertz CT molecular complexity index is 1650. The van der Waals surface area contributed by atoms with E-state index in [4.69, 9.17) is 57.9 Å². The molecule has 40 heavy (non-hydrogen) atoms. The molecule has 0 aliphatic rings. The van der Waals surface area contributed by atoms with Crippen LogP contribution < -0.4 is 11.5 Å². The maximum absolute atomic E-state index is 11.6. The Hall–Kier alpha value is -3.22. The molecule has 14 nitrogen and oxygen atoms in total. The molecular formula is C20H16Cl4N8O6S2. The van der Waals surface area contributed by atoms with Crippen LogP contribution in [0.4, 0.5) is 0 Å². The molecule has 0 atom stereocenters. The van der Waals surface area contributed by atoms with Crippen molar-refractivity contribution >= 4 is 78.0 Å². The van der Waals surface area contributed by atoms with Gasteiger partial charge in [0.1, 0.15) is 9.79 Å². The zero-order valence-electron chi connectivity index (χ0n) is 19.5. The fourth-order valence-electron chi connectivity index (χ4n) is 2.64. The van der Waals surface area contributed by atoms with Gasteiger partial charge in [-0.3, -0.25) is 9.11 Å². The minimum absolute atomic E-state index is 0.0204. The third-order valence-corrected chi connectivity index (χ3v) is 6.94. The summed E-state index contributed by atoms with van der Waals surface area (Å²) >= 11 is 21.4. The molecule has 0 aliphatic heterocycles. The first kappa shape index (κ1) is 33.0. The molecule has 0 aliphatic carbocycles. The molecule has 0 fully saturated rings. The van der Waals surface area contributed by atoms with Crippen LogP contribution in [-0.4, -0.2) is 56.8 Å². The van der Waals surface area contributed by atoms with E-state index in [2.05, 4.69) is 30.8 Å². The largest absolute Gasteiger partial charge is 0.397 e. The van der Waals surface area contributed by atoms with Crippen LogP contribution in [0.3, 0.4) is 0 Å². The number of aromatic nitrogens is 6. The number of benzene rings is 2. The van der Waals surface area contributed by atoms with Gasteiger partial charge in [-0.25, -0.2) is 0 Å². The summed E-state index contributed by atoms with van der Waals surface area (Å²) in [6.45, 7) is 0. The number of halogens is 4. The monoisotopic (exact) mass is 668 g/mol. The number of hydrogen-bond donors (Lipinski definition) is 4. The molecule has 0 unspecified atom stereocenters. The maximum Gasteiger partial charge on any atom is 0.296 e. The highest BCUT2D eigenvalue weighted by Crippen LogP contribution is 2.30. The van der Waals surface area contributed by atoms with Crippen molar-refractivity contribution in [2.45, 2.75) is 9.79 Å². The van der Waals surface area contributed by atoms with Gasteiger partial charge in [0.05, 0.1) is 11.4 Å². The van der Waals surface area contributed by atoms with Crippen molar-refractivity contribution in [2.24, 2.45) is 11.5 Å². The van der Waals surface area contributed by atoms with Gasteiger partial charge in [0.25, 0.3) is 20.2 Å². The van der Waals surface area contributed by atoms with Crippen LogP contribution in [0.15, 0.2) is 70.5 Å². The normalized spacial score (nSPS) is 11.8. The topological polar surface area (TPSA) is 238 Å². The van der Waals surface area contributed by atoms with E-state index in [9.17, 15) is 25.9 Å². The predicted octanol–water partition coefficient (Wildman–Crippen LogP) is 3.28. The predicted molar refractivity (Wildman–Crippen MR) is 147 cm³/mol. The summed E-state index contributed by atoms with van der Waals surface area (Å²) < 4.78 is 64.7. The summed E-state index contributed by atoms with van der Waals surface area (Å²) in [5.41, 5.74) is 11.6. The van der Waals surface area contributed by atoms with Crippen molar-refractivity contribution in [3.8, 4) is 0 Å². The van der Waals surface area contributed by atoms with E-state index in [0.717, 1.165) is 12.1 Å². The van der Waals surface area contributed by atoms with Gasteiger partial charge < -0.3 is 11.5 Å². The molecule has 6 N–H and O–H groups in total. The van der Waals surface area contributed by atoms with E-state index in [1.165, 1.54) is 18.2 Å². The molecule has 0 bridgehead atoms. The lowest BCUT2D eigenvalue weighted by molar-refractivity contribution is 0.466. The van der Waals surface area contributed by atoms with Crippen molar-refractivity contribution in [1.29, 1.82) is 0 Å². The first-order chi connectivity index (χ1) is 18.6. The van der Waals surface area contributed by atoms with Crippen molar-refractivity contribution in [2.75, 3.05) is 0 Å². The van der Waals surface area contributed by atoms with Crippen LogP contribution in [0.5, 0.6) is 0 Å². The standard InChI is InChI=1S/C14H14N2O6S2.2C3HCl2N3/c15-12(9-5-2-1-3-6-9)13(16)10-7-4-8-11(23(17,18)19)14(10)24(20,21)22;2*4-2-1-3(5)7-8-6-2/h1-8H,15-16H2,(H,17,18,19)(H,20,21,22);2*1H. The number of nitrogens with two attached hydrogens (primary N) is 2. The van der Waals surface area contributed by atoms with Gasteiger partial charge in [0.2, 0.25) is 0 Å².